The Morgan fingerprint density at radius 2 is 2.07 bits per heavy atom. The lowest BCUT2D eigenvalue weighted by Gasteiger charge is -2.27. The smallest absolute Gasteiger partial charge is 0.408 e. The average Bonchev–Trinajstić information content (AvgIpc) is 2.58. The number of carboxylic acids is 1. The second-order valence-electron chi connectivity index (χ2n) is 7.83. The Balaban J connectivity index is 2.02. The Hall–Kier alpha value is -3.50. The van der Waals surface area contributed by atoms with Gasteiger partial charge in [-0.1, -0.05) is 6.07 Å². The molecule has 0 saturated carbocycles. The van der Waals surface area contributed by atoms with Crippen molar-refractivity contribution in [2.24, 2.45) is 16.5 Å². The van der Waals surface area contributed by atoms with Gasteiger partial charge < -0.3 is 36.7 Å². The summed E-state index contributed by atoms with van der Waals surface area (Å²) in [6, 6.07) is 3.93. The van der Waals surface area contributed by atoms with Gasteiger partial charge in [0.15, 0.2) is 5.96 Å². The van der Waals surface area contributed by atoms with Gasteiger partial charge in [-0.3, -0.25) is 4.79 Å². The van der Waals surface area contributed by atoms with Crippen LogP contribution in [0.1, 0.15) is 32.8 Å². The molecule has 2 rings (SSSR count). The molecule has 0 aromatic heterocycles. The second-order valence-corrected chi connectivity index (χ2v) is 7.83. The van der Waals surface area contributed by atoms with Crippen molar-refractivity contribution in [2.75, 3.05) is 11.9 Å². The molecule has 1 aliphatic heterocycles. The first-order valence-electron chi connectivity index (χ1n) is 9.31. The number of rotatable bonds is 6. The summed E-state index contributed by atoms with van der Waals surface area (Å²) in [5, 5.41) is 14.9. The van der Waals surface area contributed by atoms with Crippen molar-refractivity contribution in [3.05, 3.63) is 23.8 Å². The molecule has 1 aromatic carbocycles. The van der Waals surface area contributed by atoms with Crippen molar-refractivity contribution in [1.29, 1.82) is 0 Å². The van der Waals surface area contributed by atoms with E-state index in [0.29, 0.717) is 23.5 Å². The van der Waals surface area contributed by atoms with Gasteiger partial charge in [-0.25, -0.2) is 9.59 Å². The number of fused-ring (bicyclic) bond motifs is 1. The normalized spacial score (nSPS) is 16.2. The summed E-state index contributed by atoms with van der Waals surface area (Å²) < 4.78 is 10.9. The van der Waals surface area contributed by atoms with Crippen LogP contribution in [0.2, 0.25) is 0 Å². The van der Waals surface area contributed by atoms with Gasteiger partial charge in [-0.05, 0) is 38.5 Å². The number of carbonyl (C=O) groups is 3. The number of nitrogens with one attached hydrogen (secondary N) is 2. The molecule has 2 amide bonds. The van der Waals surface area contributed by atoms with Crippen LogP contribution >= 0.6 is 0 Å². The van der Waals surface area contributed by atoms with Crippen molar-refractivity contribution in [2.45, 2.75) is 51.4 Å². The van der Waals surface area contributed by atoms with Crippen LogP contribution < -0.4 is 26.8 Å². The van der Waals surface area contributed by atoms with Crippen LogP contribution in [0, 0.1) is 0 Å². The van der Waals surface area contributed by atoms with E-state index < -0.39 is 35.7 Å². The molecule has 0 bridgehead atoms. The maximum Gasteiger partial charge on any atom is 0.408 e. The van der Waals surface area contributed by atoms with Gasteiger partial charge >= 0.3 is 12.1 Å². The van der Waals surface area contributed by atoms with Crippen LogP contribution in [0.15, 0.2) is 23.2 Å². The fourth-order valence-electron chi connectivity index (χ4n) is 2.77. The third-order valence-corrected chi connectivity index (χ3v) is 3.94. The highest BCUT2D eigenvalue weighted by atomic mass is 16.6. The predicted octanol–water partition coefficient (Wildman–Crippen LogP) is 0.570. The van der Waals surface area contributed by atoms with Crippen LogP contribution in [0.5, 0.6) is 5.75 Å². The van der Waals surface area contributed by atoms with Crippen LogP contribution in [0.25, 0.3) is 0 Å². The molecule has 7 N–H and O–H groups in total. The highest BCUT2D eigenvalue weighted by molar-refractivity contribution is 5.91. The Labute approximate surface area is 173 Å². The van der Waals surface area contributed by atoms with Gasteiger partial charge in [-0.2, -0.15) is 4.99 Å². The van der Waals surface area contributed by atoms with Crippen molar-refractivity contribution in [3.8, 4) is 5.75 Å². The molecule has 11 nitrogen and oxygen atoms in total. The van der Waals surface area contributed by atoms with E-state index in [0.717, 1.165) is 0 Å². The number of guanidine groups is 1. The third kappa shape index (κ3) is 7.15. The monoisotopic (exact) mass is 421 g/mol. The van der Waals surface area contributed by atoms with Crippen molar-refractivity contribution in [1.82, 2.24) is 5.32 Å². The minimum absolute atomic E-state index is 0.00693. The SMILES string of the molecule is CC(C)(C)OC(=O)NC(Cc1ccc2c(c1)NCC(CC(=O)N=C(N)N)O2)C(=O)O. The molecule has 30 heavy (non-hydrogen) atoms. The molecule has 1 aliphatic rings. The summed E-state index contributed by atoms with van der Waals surface area (Å²) in [5.41, 5.74) is 11.0. The summed E-state index contributed by atoms with van der Waals surface area (Å²) >= 11 is 0. The average molecular weight is 421 g/mol. The van der Waals surface area contributed by atoms with Gasteiger partial charge in [0, 0.05) is 6.42 Å². The van der Waals surface area contributed by atoms with E-state index in [9.17, 15) is 19.5 Å². The largest absolute Gasteiger partial charge is 0.486 e. The molecular formula is C19H27N5O6. The lowest BCUT2D eigenvalue weighted by molar-refractivity contribution is -0.139. The number of carboxylic acid groups (broad SMARTS) is 1. The topological polar surface area (TPSA) is 178 Å². The molecule has 2 atom stereocenters. The molecule has 0 saturated heterocycles. The number of benzene rings is 1. The van der Waals surface area contributed by atoms with Crippen molar-refractivity contribution < 1.29 is 29.0 Å². The zero-order valence-electron chi connectivity index (χ0n) is 17.1. The number of hydrogen-bond acceptors (Lipinski definition) is 6. The van der Waals surface area contributed by atoms with E-state index in [-0.39, 0.29) is 18.8 Å². The minimum atomic E-state index is -1.18. The zero-order chi connectivity index (χ0) is 22.5. The molecule has 2 unspecified atom stereocenters. The summed E-state index contributed by atoms with van der Waals surface area (Å²) in [6.07, 6.45) is -1.19. The number of hydrogen-bond donors (Lipinski definition) is 5. The standard InChI is InChI=1S/C19H27N5O6/c1-19(2,3)30-18(28)23-13(16(26)27)7-10-4-5-14-12(6-10)22-9-11(29-14)8-15(25)24-17(20)21/h4-6,11,13,22H,7-9H2,1-3H3,(H,23,28)(H,26,27)(H4,20,21,24,25). The molecule has 1 aromatic rings. The predicted molar refractivity (Wildman–Crippen MR) is 109 cm³/mol. The maximum absolute atomic E-state index is 11.9. The Kier molecular flexibility index (Phi) is 7.09. The Morgan fingerprint density at radius 1 is 1.37 bits per heavy atom. The molecule has 0 fully saturated rings. The van der Waals surface area contributed by atoms with Crippen molar-refractivity contribution in [3.63, 3.8) is 0 Å². The van der Waals surface area contributed by atoms with Gasteiger partial charge in [-0.15, -0.1) is 0 Å². The van der Waals surface area contributed by atoms with Crippen LogP contribution in [0.3, 0.4) is 0 Å². The highest BCUT2D eigenvalue weighted by Gasteiger charge is 2.26. The van der Waals surface area contributed by atoms with E-state index in [2.05, 4.69) is 15.6 Å². The van der Waals surface area contributed by atoms with Crippen LogP contribution in [-0.4, -0.2) is 53.3 Å². The van der Waals surface area contributed by atoms with Gasteiger partial charge in [0.05, 0.1) is 18.7 Å². The summed E-state index contributed by atoms with van der Waals surface area (Å²) in [7, 11) is 0. The fraction of sp³-hybridized carbons (Fsp3) is 0.474. The van der Waals surface area contributed by atoms with Crippen molar-refractivity contribution >= 4 is 29.6 Å². The molecule has 0 aliphatic carbocycles. The molecule has 0 radical (unpaired) electrons. The van der Waals surface area contributed by atoms with Crippen LogP contribution in [-0.2, 0) is 20.7 Å². The zero-order valence-corrected chi connectivity index (χ0v) is 17.1. The number of alkyl carbamates (subject to hydrolysis) is 1. The first-order valence-corrected chi connectivity index (χ1v) is 9.31. The summed E-state index contributed by atoms with van der Waals surface area (Å²) in [5.74, 6) is -1.46. The number of amides is 2. The third-order valence-electron chi connectivity index (χ3n) is 3.94. The number of aliphatic carboxylic acids is 1. The van der Waals surface area contributed by atoms with Crippen LogP contribution in [0.4, 0.5) is 10.5 Å². The summed E-state index contributed by atoms with van der Waals surface area (Å²) in [4.78, 5) is 38.6. The molecule has 164 valence electrons. The molecular weight excluding hydrogens is 394 g/mol. The number of nitrogens with zero attached hydrogens (tertiary/aromatic N) is 1. The fourth-order valence-corrected chi connectivity index (χ4v) is 2.77. The molecule has 1 heterocycles. The van der Waals surface area contributed by atoms with Gasteiger partial charge in [0.1, 0.15) is 23.5 Å². The number of aliphatic imine (C=N–C) groups is 1. The Morgan fingerprint density at radius 3 is 2.67 bits per heavy atom. The number of anilines is 1. The van der Waals surface area contributed by atoms with Gasteiger partial charge in [0.2, 0.25) is 0 Å². The maximum atomic E-state index is 11.9. The summed E-state index contributed by atoms with van der Waals surface area (Å²) in [6.45, 7) is 5.42. The quantitative estimate of drug-likeness (QED) is 0.324. The number of ether oxygens (including phenoxy) is 2. The van der Waals surface area contributed by atoms with E-state index >= 15 is 0 Å². The molecule has 11 heteroatoms. The highest BCUT2D eigenvalue weighted by Crippen LogP contribution is 2.31. The van der Waals surface area contributed by atoms with E-state index in [1.807, 2.05) is 0 Å². The number of carbonyl (C=O) groups excluding carboxylic acids is 2. The van der Waals surface area contributed by atoms with E-state index in [1.165, 1.54) is 0 Å². The minimum Gasteiger partial charge on any atom is -0.486 e. The lowest BCUT2D eigenvalue weighted by atomic mass is 10.0. The van der Waals surface area contributed by atoms with E-state index in [1.54, 1.807) is 39.0 Å². The second kappa shape index (κ2) is 9.33. The molecule has 0 spiro atoms. The lowest BCUT2D eigenvalue weighted by Crippen LogP contribution is -2.44. The Bertz CT molecular complexity index is 844. The van der Waals surface area contributed by atoms with Gasteiger partial charge in [0.25, 0.3) is 5.91 Å². The first kappa shape index (κ1) is 22.8. The number of nitrogens with two attached hydrogens (primary N) is 2. The first-order chi connectivity index (χ1) is 13.9. The van der Waals surface area contributed by atoms with E-state index in [4.69, 9.17) is 20.9 Å².